The van der Waals surface area contributed by atoms with E-state index in [1.54, 1.807) is 0 Å². The second-order valence-corrected chi connectivity index (χ2v) is 5.82. The third-order valence-electron chi connectivity index (χ3n) is 4.03. The lowest BCUT2D eigenvalue weighted by atomic mass is 9.73. The Morgan fingerprint density at radius 3 is 2.88 bits per heavy atom. The highest BCUT2D eigenvalue weighted by Crippen LogP contribution is 2.37. The van der Waals surface area contributed by atoms with Crippen molar-refractivity contribution < 1.29 is 0 Å². The van der Waals surface area contributed by atoms with Crippen molar-refractivity contribution >= 4 is 11.5 Å². The minimum absolute atomic E-state index is 0.329. The van der Waals surface area contributed by atoms with Crippen molar-refractivity contribution in [3.05, 3.63) is 17.8 Å². The molecule has 1 saturated carbocycles. The zero-order valence-corrected chi connectivity index (χ0v) is 11.1. The van der Waals surface area contributed by atoms with Gasteiger partial charge in [0.2, 0.25) is 0 Å². The first kappa shape index (κ1) is 12.2. The van der Waals surface area contributed by atoms with Crippen molar-refractivity contribution in [3.63, 3.8) is 0 Å². The van der Waals surface area contributed by atoms with E-state index in [4.69, 9.17) is 5.73 Å². The quantitative estimate of drug-likeness (QED) is 0.823. The molecular formula is C14H23N3. The number of aryl methyl sites for hydroxylation is 1. The van der Waals surface area contributed by atoms with Gasteiger partial charge in [-0.15, -0.1) is 0 Å². The molecule has 17 heavy (non-hydrogen) atoms. The van der Waals surface area contributed by atoms with Crippen molar-refractivity contribution in [2.24, 2.45) is 5.41 Å². The first-order chi connectivity index (χ1) is 8.00. The zero-order valence-electron chi connectivity index (χ0n) is 11.1. The van der Waals surface area contributed by atoms with E-state index in [-0.39, 0.29) is 0 Å². The molecule has 94 valence electrons. The van der Waals surface area contributed by atoms with Crippen LogP contribution in [-0.4, -0.2) is 11.0 Å². The Morgan fingerprint density at radius 1 is 1.41 bits per heavy atom. The summed E-state index contributed by atoms with van der Waals surface area (Å²) in [6.45, 7) is 6.68. The maximum atomic E-state index is 6.06. The molecule has 1 aliphatic carbocycles. The Kier molecular flexibility index (Phi) is 3.27. The number of hydrogen-bond donors (Lipinski definition) is 2. The van der Waals surface area contributed by atoms with Gasteiger partial charge in [-0.25, -0.2) is 4.98 Å². The van der Waals surface area contributed by atoms with Crippen LogP contribution < -0.4 is 11.1 Å². The van der Waals surface area contributed by atoms with Gasteiger partial charge in [-0.1, -0.05) is 26.7 Å². The molecule has 3 nitrogen and oxygen atoms in total. The molecule has 3 N–H and O–H groups in total. The lowest BCUT2D eigenvalue weighted by Gasteiger charge is -2.39. The van der Waals surface area contributed by atoms with Gasteiger partial charge in [0.1, 0.15) is 5.82 Å². The molecule has 0 bridgehead atoms. The molecular weight excluding hydrogens is 210 g/mol. The van der Waals surface area contributed by atoms with Crippen molar-refractivity contribution in [2.75, 3.05) is 11.1 Å². The molecule has 2 rings (SSSR count). The van der Waals surface area contributed by atoms with E-state index in [9.17, 15) is 0 Å². The van der Waals surface area contributed by atoms with Crippen molar-refractivity contribution in [1.82, 2.24) is 4.98 Å². The summed E-state index contributed by atoms with van der Waals surface area (Å²) in [5.41, 5.74) is 8.27. The number of nitrogens with one attached hydrogen (secondary N) is 1. The molecule has 0 saturated heterocycles. The van der Waals surface area contributed by atoms with Gasteiger partial charge in [0, 0.05) is 12.2 Å². The summed E-state index contributed by atoms with van der Waals surface area (Å²) >= 11 is 0. The molecule has 1 fully saturated rings. The fourth-order valence-electron chi connectivity index (χ4n) is 2.61. The topological polar surface area (TPSA) is 50.9 Å². The van der Waals surface area contributed by atoms with Crippen molar-refractivity contribution in [1.29, 1.82) is 0 Å². The number of hydrogen-bond acceptors (Lipinski definition) is 3. The lowest BCUT2D eigenvalue weighted by Crippen LogP contribution is -2.39. The van der Waals surface area contributed by atoms with Crippen LogP contribution in [-0.2, 0) is 0 Å². The summed E-state index contributed by atoms with van der Waals surface area (Å²) in [6.07, 6.45) is 6.94. The SMILES string of the molecule is Cc1ccnc(NC2CCCCC2(C)C)c1N. The molecule has 3 heteroatoms. The monoisotopic (exact) mass is 233 g/mol. The third kappa shape index (κ3) is 2.54. The van der Waals surface area contributed by atoms with E-state index < -0.39 is 0 Å². The second-order valence-electron chi connectivity index (χ2n) is 5.82. The molecule has 0 spiro atoms. The highest BCUT2D eigenvalue weighted by atomic mass is 15.0. The largest absolute Gasteiger partial charge is 0.396 e. The fraction of sp³-hybridized carbons (Fsp3) is 0.643. The highest BCUT2D eigenvalue weighted by molar-refractivity contribution is 5.65. The van der Waals surface area contributed by atoms with Gasteiger partial charge in [-0.2, -0.15) is 0 Å². The Balaban J connectivity index is 2.17. The second kappa shape index (κ2) is 4.55. The number of anilines is 2. The molecule has 0 amide bonds. The predicted molar refractivity (Wildman–Crippen MR) is 73.0 cm³/mol. The van der Waals surface area contributed by atoms with E-state index in [0.717, 1.165) is 17.1 Å². The number of aromatic nitrogens is 1. The molecule has 1 heterocycles. The number of nitrogen functional groups attached to an aromatic ring is 1. The van der Waals surface area contributed by atoms with Crippen LogP contribution in [0.2, 0.25) is 0 Å². The molecule has 1 unspecified atom stereocenters. The third-order valence-corrected chi connectivity index (χ3v) is 4.03. The van der Waals surface area contributed by atoms with E-state index in [1.165, 1.54) is 25.7 Å². The first-order valence-corrected chi connectivity index (χ1v) is 6.48. The Bertz CT molecular complexity index is 398. The number of rotatable bonds is 2. The van der Waals surface area contributed by atoms with Gasteiger partial charge >= 0.3 is 0 Å². The minimum atomic E-state index is 0.329. The summed E-state index contributed by atoms with van der Waals surface area (Å²) < 4.78 is 0. The highest BCUT2D eigenvalue weighted by Gasteiger charge is 2.32. The number of pyridine rings is 1. The van der Waals surface area contributed by atoms with Crippen LogP contribution in [0.3, 0.4) is 0 Å². The first-order valence-electron chi connectivity index (χ1n) is 6.48. The number of nitrogens with zero attached hydrogens (tertiary/aromatic N) is 1. The van der Waals surface area contributed by atoms with E-state index >= 15 is 0 Å². The lowest BCUT2D eigenvalue weighted by molar-refractivity contribution is 0.216. The Morgan fingerprint density at radius 2 is 2.18 bits per heavy atom. The normalized spacial score (nSPS) is 23.4. The number of nitrogens with two attached hydrogens (primary N) is 1. The standard InChI is InChI=1S/C14H23N3/c1-10-7-9-16-13(12(10)15)17-11-6-4-5-8-14(11,2)3/h7,9,11H,4-6,8,15H2,1-3H3,(H,16,17). The molecule has 1 aliphatic rings. The maximum Gasteiger partial charge on any atom is 0.149 e. The smallest absolute Gasteiger partial charge is 0.149 e. The van der Waals surface area contributed by atoms with Crippen LogP contribution in [0.1, 0.15) is 45.1 Å². The van der Waals surface area contributed by atoms with Crippen LogP contribution >= 0.6 is 0 Å². The molecule has 1 aromatic heterocycles. The molecule has 0 aromatic carbocycles. The summed E-state index contributed by atoms with van der Waals surface area (Å²) in [5.74, 6) is 0.852. The van der Waals surface area contributed by atoms with Gasteiger partial charge in [-0.3, -0.25) is 0 Å². The van der Waals surface area contributed by atoms with Gasteiger partial charge < -0.3 is 11.1 Å². The molecule has 0 aliphatic heterocycles. The van der Waals surface area contributed by atoms with E-state index in [2.05, 4.69) is 24.1 Å². The molecule has 1 atom stereocenters. The van der Waals surface area contributed by atoms with Crippen LogP contribution in [0.25, 0.3) is 0 Å². The van der Waals surface area contributed by atoms with Gasteiger partial charge in [-0.05, 0) is 36.8 Å². The summed E-state index contributed by atoms with van der Waals surface area (Å²) in [4.78, 5) is 4.36. The maximum absolute atomic E-state index is 6.06. The van der Waals surface area contributed by atoms with Gasteiger partial charge in [0.15, 0.2) is 0 Å². The predicted octanol–water partition coefficient (Wildman–Crippen LogP) is 3.35. The van der Waals surface area contributed by atoms with Crippen LogP contribution in [0, 0.1) is 12.3 Å². The summed E-state index contributed by atoms with van der Waals surface area (Å²) in [6, 6.07) is 2.43. The van der Waals surface area contributed by atoms with Crippen LogP contribution in [0.4, 0.5) is 11.5 Å². The van der Waals surface area contributed by atoms with E-state index in [1.807, 2.05) is 19.2 Å². The molecule has 0 radical (unpaired) electrons. The Labute approximate surface area is 104 Å². The Hall–Kier alpha value is -1.25. The van der Waals surface area contributed by atoms with Crippen molar-refractivity contribution in [3.8, 4) is 0 Å². The summed E-state index contributed by atoms with van der Waals surface area (Å²) in [7, 11) is 0. The van der Waals surface area contributed by atoms with Crippen LogP contribution in [0.15, 0.2) is 12.3 Å². The van der Waals surface area contributed by atoms with Gasteiger partial charge in [0.25, 0.3) is 0 Å². The van der Waals surface area contributed by atoms with Crippen LogP contribution in [0.5, 0.6) is 0 Å². The van der Waals surface area contributed by atoms with E-state index in [0.29, 0.717) is 11.5 Å². The summed E-state index contributed by atoms with van der Waals surface area (Å²) in [5, 5.41) is 3.54. The van der Waals surface area contributed by atoms with Gasteiger partial charge in [0.05, 0.1) is 5.69 Å². The minimum Gasteiger partial charge on any atom is -0.396 e. The molecule has 1 aromatic rings. The zero-order chi connectivity index (χ0) is 12.5. The fourth-order valence-corrected chi connectivity index (χ4v) is 2.61. The van der Waals surface area contributed by atoms with Crippen molar-refractivity contribution in [2.45, 2.75) is 52.5 Å². The average molecular weight is 233 g/mol. The average Bonchev–Trinajstić information content (AvgIpc) is 2.27.